The number of piperidine rings is 1. The molecular weight excluding hydrogens is 258 g/mol. The first-order valence-electron chi connectivity index (χ1n) is 6.94. The third kappa shape index (κ3) is 3.39. The highest BCUT2D eigenvalue weighted by molar-refractivity contribution is 5.94. The van der Waals surface area contributed by atoms with Crippen molar-refractivity contribution in [2.75, 3.05) is 26.2 Å². The molecule has 0 bridgehead atoms. The molecule has 1 fully saturated rings. The molecule has 0 saturated carbocycles. The Labute approximate surface area is 118 Å². The van der Waals surface area contributed by atoms with Crippen LogP contribution >= 0.6 is 0 Å². The lowest BCUT2D eigenvalue weighted by molar-refractivity contribution is -0.126. The van der Waals surface area contributed by atoms with E-state index in [-0.39, 0.29) is 17.7 Å². The molecule has 3 N–H and O–H groups in total. The Bertz CT molecular complexity index is 484. The normalized spacial score (nSPS) is 18.9. The van der Waals surface area contributed by atoms with Gasteiger partial charge in [0.1, 0.15) is 12.0 Å². The zero-order valence-electron chi connectivity index (χ0n) is 11.7. The molecule has 1 atom stereocenters. The van der Waals surface area contributed by atoms with E-state index in [0.29, 0.717) is 37.5 Å². The monoisotopic (exact) mass is 279 g/mol. The highest BCUT2D eigenvalue weighted by atomic mass is 16.3. The van der Waals surface area contributed by atoms with E-state index >= 15 is 0 Å². The van der Waals surface area contributed by atoms with Gasteiger partial charge in [0.2, 0.25) is 5.91 Å². The van der Waals surface area contributed by atoms with Crippen LogP contribution in [0.3, 0.4) is 0 Å². The van der Waals surface area contributed by atoms with Gasteiger partial charge in [-0.2, -0.15) is 0 Å². The minimum absolute atomic E-state index is 0.0173. The number of carbonyl (C=O) groups excluding carboxylic acids is 2. The van der Waals surface area contributed by atoms with Crippen molar-refractivity contribution in [2.24, 2.45) is 11.7 Å². The molecule has 20 heavy (non-hydrogen) atoms. The number of hydrogen-bond donors (Lipinski definition) is 2. The maximum absolute atomic E-state index is 12.3. The predicted molar refractivity (Wildman–Crippen MR) is 74.1 cm³/mol. The molecule has 1 unspecified atom stereocenters. The van der Waals surface area contributed by atoms with Gasteiger partial charge in [-0.15, -0.1) is 0 Å². The van der Waals surface area contributed by atoms with Crippen molar-refractivity contribution in [3.63, 3.8) is 0 Å². The fraction of sp³-hybridized carbons (Fsp3) is 0.571. The zero-order valence-corrected chi connectivity index (χ0v) is 11.7. The Hall–Kier alpha value is -1.82. The molecule has 2 rings (SSSR count). The summed E-state index contributed by atoms with van der Waals surface area (Å²) in [5.41, 5.74) is 5.92. The number of nitrogens with two attached hydrogens (primary N) is 1. The highest BCUT2D eigenvalue weighted by Gasteiger charge is 2.29. The fourth-order valence-electron chi connectivity index (χ4n) is 2.45. The van der Waals surface area contributed by atoms with E-state index in [1.807, 2.05) is 0 Å². The summed E-state index contributed by atoms with van der Waals surface area (Å²) in [6.45, 7) is 3.85. The topological polar surface area (TPSA) is 88.6 Å². The molecule has 1 aliphatic heterocycles. The summed E-state index contributed by atoms with van der Waals surface area (Å²) >= 11 is 0. The van der Waals surface area contributed by atoms with Crippen molar-refractivity contribution < 1.29 is 14.0 Å². The summed E-state index contributed by atoms with van der Waals surface area (Å²) in [5.74, 6) is 0.476. The van der Waals surface area contributed by atoms with Gasteiger partial charge in [-0.3, -0.25) is 9.59 Å². The zero-order chi connectivity index (χ0) is 14.5. The van der Waals surface area contributed by atoms with E-state index < -0.39 is 0 Å². The summed E-state index contributed by atoms with van der Waals surface area (Å²) in [7, 11) is 0. The Morgan fingerprint density at radius 1 is 1.55 bits per heavy atom. The first-order valence-corrected chi connectivity index (χ1v) is 6.94. The molecule has 2 amide bonds. The van der Waals surface area contributed by atoms with Gasteiger partial charge in [0, 0.05) is 26.2 Å². The molecule has 0 aromatic carbocycles. The quantitative estimate of drug-likeness (QED) is 0.840. The molecule has 0 spiro atoms. The average Bonchev–Trinajstić information content (AvgIpc) is 2.90. The van der Waals surface area contributed by atoms with Crippen LogP contribution in [0.2, 0.25) is 0 Å². The van der Waals surface area contributed by atoms with E-state index in [4.69, 9.17) is 10.2 Å². The van der Waals surface area contributed by atoms with Crippen LogP contribution < -0.4 is 11.1 Å². The Morgan fingerprint density at radius 2 is 2.35 bits per heavy atom. The maximum atomic E-state index is 12.3. The molecule has 1 aromatic rings. The first kappa shape index (κ1) is 14.6. The summed E-state index contributed by atoms with van der Waals surface area (Å²) in [4.78, 5) is 26.0. The van der Waals surface area contributed by atoms with Crippen LogP contribution in [0.4, 0.5) is 0 Å². The standard InChI is InChI=1S/C14H21N3O3/c1-10-7-12(9-20-10)14(19)17-6-2-3-11(8-17)13(18)16-5-4-15/h7,9,11H,2-6,8,15H2,1H3,(H,16,18). The highest BCUT2D eigenvalue weighted by Crippen LogP contribution is 2.19. The maximum Gasteiger partial charge on any atom is 0.257 e. The van der Waals surface area contributed by atoms with Crippen LogP contribution in [0.15, 0.2) is 16.7 Å². The van der Waals surface area contributed by atoms with Gasteiger partial charge in [0.15, 0.2) is 0 Å². The number of likely N-dealkylation sites (tertiary alicyclic amines) is 1. The lowest BCUT2D eigenvalue weighted by Crippen LogP contribution is -2.46. The Kier molecular flexibility index (Phi) is 4.79. The van der Waals surface area contributed by atoms with Gasteiger partial charge in [0.05, 0.1) is 11.5 Å². The van der Waals surface area contributed by atoms with Crippen molar-refractivity contribution in [1.29, 1.82) is 0 Å². The Balaban J connectivity index is 1.96. The first-order chi connectivity index (χ1) is 9.61. The molecule has 0 radical (unpaired) electrons. The summed E-state index contributed by atoms with van der Waals surface area (Å²) in [6.07, 6.45) is 3.11. The molecule has 0 aliphatic carbocycles. The lowest BCUT2D eigenvalue weighted by atomic mass is 9.96. The van der Waals surface area contributed by atoms with Crippen LogP contribution in [0.25, 0.3) is 0 Å². The number of amides is 2. The van der Waals surface area contributed by atoms with Crippen LogP contribution in [0.5, 0.6) is 0 Å². The number of nitrogens with zero attached hydrogens (tertiary/aromatic N) is 1. The van der Waals surface area contributed by atoms with Crippen molar-refractivity contribution in [2.45, 2.75) is 19.8 Å². The van der Waals surface area contributed by atoms with E-state index in [1.165, 1.54) is 6.26 Å². The second-order valence-corrected chi connectivity index (χ2v) is 5.12. The summed E-state index contributed by atoms with van der Waals surface area (Å²) in [6, 6.07) is 1.72. The fourth-order valence-corrected chi connectivity index (χ4v) is 2.45. The van der Waals surface area contributed by atoms with E-state index in [9.17, 15) is 9.59 Å². The van der Waals surface area contributed by atoms with E-state index in [0.717, 1.165) is 12.8 Å². The van der Waals surface area contributed by atoms with Crippen molar-refractivity contribution >= 4 is 11.8 Å². The average molecular weight is 279 g/mol. The summed E-state index contributed by atoms with van der Waals surface area (Å²) < 4.78 is 5.16. The number of furan rings is 1. The van der Waals surface area contributed by atoms with Crippen LogP contribution in [0.1, 0.15) is 29.0 Å². The minimum Gasteiger partial charge on any atom is -0.469 e. The van der Waals surface area contributed by atoms with Gasteiger partial charge in [-0.25, -0.2) is 0 Å². The van der Waals surface area contributed by atoms with Crippen molar-refractivity contribution in [3.8, 4) is 0 Å². The lowest BCUT2D eigenvalue weighted by Gasteiger charge is -2.31. The van der Waals surface area contributed by atoms with Gasteiger partial charge in [0.25, 0.3) is 5.91 Å². The minimum atomic E-state index is -0.146. The number of rotatable bonds is 4. The van der Waals surface area contributed by atoms with Gasteiger partial charge >= 0.3 is 0 Å². The van der Waals surface area contributed by atoms with Gasteiger partial charge < -0.3 is 20.4 Å². The molecule has 1 aromatic heterocycles. The molecule has 1 aliphatic rings. The number of aryl methyl sites for hydroxylation is 1. The van der Waals surface area contributed by atoms with Crippen LogP contribution in [-0.2, 0) is 4.79 Å². The number of carbonyl (C=O) groups is 2. The third-order valence-corrected chi connectivity index (χ3v) is 3.50. The Morgan fingerprint density at radius 3 is 3.00 bits per heavy atom. The second kappa shape index (κ2) is 6.56. The predicted octanol–water partition coefficient (Wildman–Crippen LogP) is 0.515. The largest absolute Gasteiger partial charge is 0.469 e. The molecule has 2 heterocycles. The molecule has 6 heteroatoms. The smallest absolute Gasteiger partial charge is 0.257 e. The van der Waals surface area contributed by atoms with Gasteiger partial charge in [-0.1, -0.05) is 0 Å². The van der Waals surface area contributed by atoms with Crippen molar-refractivity contribution in [3.05, 3.63) is 23.7 Å². The molecular formula is C14H21N3O3. The summed E-state index contributed by atoms with van der Waals surface area (Å²) in [5, 5.41) is 2.78. The van der Waals surface area contributed by atoms with Crippen LogP contribution in [0, 0.1) is 12.8 Å². The van der Waals surface area contributed by atoms with E-state index in [2.05, 4.69) is 5.32 Å². The van der Waals surface area contributed by atoms with Crippen LogP contribution in [-0.4, -0.2) is 42.9 Å². The van der Waals surface area contributed by atoms with Gasteiger partial charge in [-0.05, 0) is 25.8 Å². The third-order valence-electron chi connectivity index (χ3n) is 3.50. The molecule has 110 valence electrons. The van der Waals surface area contributed by atoms with E-state index in [1.54, 1.807) is 17.9 Å². The molecule has 1 saturated heterocycles. The molecule has 6 nitrogen and oxygen atoms in total. The number of hydrogen-bond acceptors (Lipinski definition) is 4. The number of nitrogens with one attached hydrogen (secondary N) is 1. The SMILES string of the molecule is Cc1cc(C(=O)N2CCCC(C(=O)NCCN)C2)co1. The second-order valence-electron chi connectivity index (χ2n) is 5.12. The van der Waals surface area contributed by atoms with Crippen molar-refractivity contribution in [1.82, 2.24) is 10.2 Å².